The molecular weight excluding hydrogens is 1070 g/mol. The van der Waals surface area contributed by atoms with Crippen LogP contribution in [0.1, 0.15) is 47.4 Å². The van der Waals surface area contributed by atoms with Crippen LogP contribution in [0.4, 0.5) is 23.0 Å². The molecule has 1 fully saturated rings. The third-order valence-electron chi connectivity index (χ3n) is 13.9. The van der Waals surface area contributed by atoms with Crippen molar-refractivity contribution in [3.05, 3.63) is 126 Å². The van der Waals surface area contributed by atoms with E-state index in [0.29, 0.717) is 98.2 Å². The number of carbonyl (C=O) groups excluding carboxylic acids is 4. The third-order valence-corrected chi connectivity index (χ3v) is 14.9. The van der Waals surface area contributed by atoms with Crippen LogP contribution in [0.2, 0.25) is 0 Å². The van der Waals surface area contributed by atoms with Gasteiger partial charge in [0.1, 0.15) is 48.3 Å². The summed E-state index contributed by atoms with van der Waals surface area (Å²) < 4.78 is 30.7. The molecule has 3 atom stereocenters. The summed E-state index contributed by atoms with van der Waals surface area (Å²) in [6, 6.07) is 19.2. The first kappa shape index (κ1) is 58.5. The molecule has 1 saturated heterocycles. The molecule has 23 nitrogen and oxygen atoms in total. The summed E-state index contributed by atoms with van der Waals surface area (Å²) in [5, 5.41) is 20.0. The van der Waals surface area contributed by atoms with E-state index in [1.165, 1.54) is 22.4 Å². The number of aliphatic hydroxyl groups excluding tert-OH is 1. The molecule has 0 saturated carbocycles. The minimum atomic E-state index is -0.924. The fourth-order valence-corrected chi connectivity index (χ4v) is 10.6. The molecule has 0 radical (unpaired) electrons. The van der Waals surface area contributed by atoms with E-state index < -0.39 is 24.1 Å². The number of hydrogen-bond acceptors (Lipinski definition) is 19. The van der Waals surface area contributed by atoms with E-state index >= 15 is 0 Å². The molecule has 6 heterocycles. The van der Waals surface area contributed by atoms with E-state index in [2.05, 4.69) is 35.9 Å². The van der Waals surface area contributed by atoms with Crippen molar-refractivity contribution in [1.82, 2.24) is 49.8 Å². The summed E-state index contributed by atoms with van der Waals surface area (Å²) in [4.78, 5) is 82.2. The standard InChI is InChI=1S/C58H69N13O10S/c1-37(2)52(71-32-41-7-5-6-8-45(41)57(71)75)58(76)70-33-44(72)28-48(70)56(74)63-29-40-10-9-39(53-38(3)64-36-82-53)27-49(40)81-26-25-79-22-21-77-19-20-78-23-24-80-35-51(73)61-15-17-68(4)43-13-11-42(12-14-43)65-54-55-62-16-18-69(55)34-47(67-54)46-30-60-31-50(59)66-46/h5-14,16,18,27,30-31,34,36-37,44,48,52,72H,15,17,19-26,28-29,32-33,35H2,1-4H3,(H2,59,66)(H,61,73)(H,63,74)(H,65,67)/t44-,48+,52+/m1/s1. The van der Waals surface area contributed by atoms with Gasteiger partial charge in [0.2, 0.25) is 17.7 Å². The molecule has 0 unspecified atom stereocenters. The van der Waals surface area contributed by atoms with Crippen molar-refractivity contribution in [2.75, 3.05) is 102 Å². The van der Waals surface area contributed by atoms with Crippen molar-refractivity contribution in [2.45, 2.75) is 58.5 Å². The van der Waals surface area contributed by atoms with Gasteiger partial charge in [-0.2, -0.15) is 0 Å². The van der Waals surface area contributed by atoms with Crippen LogP contribution in [-0.4, -0.2) is 172 Å². The minimum absolute atomic E-state index is 0.0113. The number of aromatic nitrogens is 6. The summed E-state index contributed by atoms with van der Waals surface area (Å²) in [6.07, 6.45) is 7.62. The average Bonchev–Trinajstić information content (AvgIpc) is 4.49. The number of fused-ring (bicyclic) bond motifs is 2. The number of anilines is 4. The van der Waals surface area contributed by atoms with Gasteiger partial charge in [0, 0.05) is 87.3 Å². The SMILES string of the molecule is Cc1ncsc1-c1ccc(CNC(=O)[C@@H]2C[C@@H](O)CN2C(=O)[C@H](C(C)C)N2Cc3ccccc3C2=O)c(OCCOCCOCCOCCOCC(=O)NCCN(C)c2ccc(Nc3nc(-c4cncc(N)n4)cn4ccnc34)cc2)c1. The van der Waals surface area contributed by atoms with Crippen LogP contribution in [0.5, 0.6) is 5.75 Å². The van der Waals surface area contributed by atoms with E-state index in [-0.39, 0.29) is 69.6 Å². The number of likely N-dealkylation sites (tertiary alicyclic amines) is 1. The molecule has 7 aromatic rings. The van der Waals surface area contributed by atoms with Crippen LogP contribution in [-0.2, 0) is 46.4 Å². The predicted octanol–water partition coefficient (Wildman–Crippen LogP) is 4.90. The van der Waals surface area contributed by atoms with Crippen molar-refractivity contribution in [2.24, 2.45) is 5.92 Å². The monoisotopic (exact) mass is 1140 g/mol. The first-order chi connectivity index (χ1) is 39.8. The lowest BCUT2D eigenvalue weighted by atomic mass is 10.0. The highest BCUT2D eigenvalue weighted by Gasteiger charge is 2.46. The Morgan fingerprint density at radius 2 is 1.63 bits per heavy atom. The molecule has 4 amide bonds. The number of rotatable bonds is 29. The Morgan fingerprint density at radius 1 is 0.890 bits per heavy atom. The number of hydrogen-bond donors (Lipinski definition) is 5. The Morgan fingerprint density at radius 3 is 2.35 bits per heavy atom. The number of ether oxygens (including phenoxy) is 5. The number of likely N-dealkylation sites (N-methyl/N-ethyl adjacent to an activating group) is 1. The Balaban J connectivity index is 0.631. The van der Waals surface area contributed by atoms with Crippen molar-refractivity contribution < 1.29 is 48.0 Å². The van der Waals surface area contributed by atoms with Crippen molar-refractivity contribution in [3.8, 4) is 27.6 Å². The maximum absolute atomic E-state index is 14.3. The summed E-state index contributed by atoms with van der Waals surface area (Å²) in [6.45, 7) is 9.44. The van der Waals surface area contributed by atoms with Crippen molar-refractivity contribution >= 4 is 63.6 Å². The van der Waals surface area contributed by atoms with Gasteiger partial charge in [0.05, 0.1) is 80.8 Å². The maximum Gasteiger partial charge on any atom is 0.255 e. The number of aryl methyl sites for hydroxylation is 1. The molecular formula is C58H69N13O10S. The second-order valence-electron chi connectivity index (χ2n) is 20.1. The minimum Gasteiger partial charge on any atom is -0.491 e. The molecule has 9 rings (SSSR count). The zero-order chi connectivity index (χ0) is 57.5. The second-order valence-corrected chi connectivity index (χ2v) is 21.0. The molecule has 3 aromatic carbocycles. The van der Waals surface area contributed by atoms with Crippen molar-refractivity contribution in [3.63, 3.8) is 0 Å². The lowest BCUT2D eigenvalue weighted by molar-refractivity contribution is -0.143. The fourth-order valence-electron chi connectivity index (χ4n) is 9.77. The average molecular weight is 1140 g/mol. The Hall–Kier alpha value is -8.13. The first-order valence-electron chi connectivity index (χ1n) is 27.2. The molecule has 0 aliphatic carbocycles. The first-order valence-corrected chi connectivity index (χ1v) is 28.1. The maximum atomic E-state index is 14.3. The number of nitrogens with one attached hydrogen (secondary N) is 3. The fraction of sp³-hybridized carbons (Fsp3) is 0.397. The lowest BCUT2D eigenvalue weighted by Crippen LogP contribution is -2.55. The summed E-state index contributed by atoms with van der Waals surface area (Å²) in [5.41, 5.74) is 15.1. The molecule has 0 bridgehead atoms. The number of carbonyl (C=O) groups is 4. The van der Waals surface area contributed by atoms with E-state index in [4.69, 9.17) is 34.4 Å². The normalized spacial score (nSPS) is 15.3. The number of nitrogens with zero attached hydrogens (tertiary/aromatic N) is 9. The van der Waals surface area contributed by atoms with E-state index in [1.807, 2.05) is 104 Å². The highest BCUT2D eigenvalue weighted by Crippen LogP contribution is 2.34. The Kier molecular flexibility index (Phi) is 20.0. The van der Waals surface area contributed by atoms with Gasteiger partial charge < -0.3 is 69.6 Å². The number of nitrogens with two attached hydrogens (primary N) is 1. The molecule has 432 valence electrons. The van der Waals surface area contributed by atoms with Gasteiger partial charge in [-0.1, -0.05) is 44.2 Å². The van der Waals surface area contributed by atoms with Gasteiger partial charge in [0.25, 0.3) is 5.91 Å². The molecule has 6 N–H and O–H groups in total. The van der Waals surface area contributed by atoms with Crippen LogP contribution in [0.15, 0.2) is 103 Å². The summed E-state index contributed by atoms with van der Waals surface area (Å²) in [7, 11) is 1.95. The molecule has 0 spiro atoms. The molecule has 2 aliphatic rings. The van der Waals surface area contributed by atoms with Crippen LogP contribution >= 0.6 is 11.3 Å². The largest absolute Gasteiger partial charge is 0.491 e. The van der Waals surface area contributed by atoms with E-state index in [1.54, 1.807) is 34.9 Å². The van der Waals surface area contributed by atoms with Gasteiger partial charge in [-0.15, -0.1) is 11.3 Å². The Labute approximate surface area is 479 Å². The zero-order valence-electron chi connectivity index (χ0n) is 46.4. The van der Waals surface area contributed by atoms with Gasteiger partial charge in [-0.05, 0) is 60.4 Å². The van der Waals surface area contributed by atoms with Crippen molar-refractivity contribution in [1.29, 1.82) is 0 Å². The molecule has 24 heteroatoms. The molecule has 82 heavy (non-hydrogen) atoms. The number of nitrogen functional groups attached to an aromatic ring is 1. The van der Waals surface area contributed by atoms with E-state index in [0.717, 1.165) is 33.1 Å². The number of β-amino-alcohol motifs (C(OH)–C–C–N with tert-alkyl or cyclic N) is 1. The molecule has 2 aliphatic heterocycles. The van der Waals surface area contributed by atoms with E-state index in [9.17, 15) is 24.3 Å². The van der Waals surface area contributed by atoms with Gasteiger partial charge in [-0.3, -0.25) is 24.2 Å². The number of benzene rings is 3. The van der Waals surface area contributed by atoms with Gasteiger partial charge >= 0.3 is 0 Å². The topological polar surface area (TPSA) is 275 Å². The zero-order valence-corrected chi connectivity index (χ0v) is 47.2. The summed E-state index contributed by atoms with van der Waals surface area (Å²) in [5.74, 6) is -0.0491. The van der Waals surface area contributed by atoms with Gasteiger partial charge in [0.15, 0.2) is 11.5 Å². The van der Waals surface area contributed by atoms with Gasteiger partial charge in [-0.25, -0.2) is 19.9 Å². The molecule has 4 aromatic heterocycles. The van der Waals surface area contributed by atoms with Crippen LogP contribution < -0.4 is 31.3 Å². The van der Waals surface area contributed by atoms with Crippen LogP contribution in [0, 0.1) is 12.8 Å². The second kappa shape index (κ2) is 28.0. The number of imidazole rings is 1. The number of thiazole rings is 1. The number of amides is 4. The third kappa shape index (κ3) is 14.9. The summed E-state index contributed by atoms with van der Waals surface area (Å²) >= 11 is 1.52. The highest BCUT2D eigenvalue weighted by molar-refractivity contribution is 7.13. The number of aliphatic hydroxyl groups is 1. The van der Waals surface area contributed by atoms with Crippen LogP contribution in [0.3, 0.4) is 0 Å². The highest BCUT2D eigenvalue weighted by atomic mass is 32.1. The lowest BCUT2D eigenvalue weighted by Gasteiger charge is -2.35. The smallest absolute Gasteiger partial charge is 0.255 e. The van der Waals surface area contributed by atoms with Crippen LogP contribution in [0.25, 0.3) is 27.5 Å². The predicted molar refractivity (Wildman–Crippen MR) is 308 cm³/mol. The quantitative estimate of drug-likeness (QED) is 0.0390. The Bertz CT molecular complexity index is 3300.